The summed E-state index contributed by atoms with van der Waals surface area (Å²) in [4.78, 5) is 38.4. The molecular formula is C37H47Cl2N7O5. The lowest BCUT2D eigenvalue weighted by atomic mass is 9.81. The second-order valence-corrected chi connectivity index (χ2v) is 12.5. The molecule has 4 heterocycles. The number of piperazine rings is 2. The Morgan fingerprint density at radius 1 is 0.843 bits per heavy atom. The lowest BCUT2D eigenvalue weighted by Gasteiger charge is -2.53. The monoisotopic (exact) mass is 739 g/mol. The molecule has 274 valence electrons. The van der Waals surface area contributed by atoms with Crippen LogP contribution in [0.3, 0.4) is 0 Å². The van der Waals surface area contributed by atoms with Crippen LogP contribution in [0.4, 0.5) is 0 Å². The number of methoxy groups -OCH3 is 2. The summed E-state index contributed by atoms with van der Waals surface area (Å²) >= 11 is 0. The molecule has 2 saturated heterocycles. The highest BCUT2D eigenvalue weighted by molar-refractivity contribution is 5.92. The van der Waals surface area contributed by atoms with Crippen LogP contribution in [-0.4, -0.2) is 112 Å². The Kier molecular flexibility index (Phi) is 14.2. The number of benzene rings is 2. The Labute approximate surface area is 312 Å². The predicted octanol–water partition coefficient (Wildman–Crippen LogP) is 5.16. The number of carbonyl (C=O) groups is 1. The van der Waals surface area contributed by atoms with Crippen LogP contribution < -0.4 is 18.9 Å². The highest BCUT2D eigenvalue weighted by atomic mass is 35.5. The van der Waals surface area contributed by atoms with Crippen molar-refractivity contribution in [2.45, 2.75) is 51.4 Å². The van der Waals surface area contributed by atoms with E-state index in [4.69, 9.17) is 18.9 Å². The molecule has 6 rings (SSSR count). The second-order valence-electron chi connectivity index (χ2n) is 12.5. The first-order valence-electron chi connectivity index (χ1n) is 16.9. The molecule has 2 atom stereocenters. The topological polar surface area (TPSA) is 115 Å². The first kappa shape index (κ1) is 39.6. The molecule has 2 aliphatic heterocycles. The minimum Gasteiger partial charge on any atom is -0.481 e. The number of halogens is 2. The van der Waals surface area contributed by atoms with Crippen molar-refractivity contribution >= 4 is 30.7 Å². The van der Waals surface area contributed by atoms with E-state index in [1.807, 2.05) is 25.7 Å². The second kappa shape index (κ2) is 18.3. The fourth-order valence-corrected chi connectivity index (χ4v) is 6.96. The van der Waals surface area contributed by atoms with Crippen molar-refractivity contribution in [3.8, 4) is 23.7 Å². The quantitative estimate of drug-likeness (QED) is 0.192. The Morgan fingerprint density at radius 2 is 1.51 bits per heavy atom. The number of amides is 1. The number of hydrogen-bond donors (Lipinski definition) is 0. The van der Waals surface area contributed by atoms with E-state index < -0.39 is 0 Å². The first-order valence-corrected chi connectivity index (χ1v) is 16.9. The van der Waals surface area contributed by atoms with Crippen LogP contribution in [-0.2, 0) is 6.54 Å². The third-order valence-electron chi connectivity index (χ3n) is 9.01. The van der Waals surface area contributed by atoms with Crippen LogP contribution >= 0.6 is 24.8 Å². The molecule has 0 N–H and O–H groups in total. The highest BCUT2D eigenvalue weighted by Crippen LogP contribution is 2.38. The van der Waals surface area contributed by atoms with Crippen LogP contribution in [0, 0.1) is 0 Å². The van der Waals surface area contributed by atoms with Gasteiger partial charge in [-0.3, -0.25) is 19.6 Å². The van der Waals surface area contributed by atoms with Crippen molar-refractivity contribution < 1.29 is 23.7 Å². The van der Waals surface area contributed by atoms with Crippen molar-refractivity contribution in [3.63, 3.8) is 0 Å². The normalized spacial score (nSPS) is 17.6. The largest absolute Gasteiger partial charge is 0.481 e. The number of hydrogen-bond acceptors (Lipinski definition) is 11. The van der Waals surface area contributed by atoms with E-state index in [0.29, 0.717) is 50.4 Å². The molecule has 0 bridgehead atoms. The van der Waals surface area contributed by atoms with Crippen LogP contribution in [0.2, 0.25) is 0 Å². The van der Waals surface area contributed by atoms with Crippen molar-refractivity contribution in [3.05, 3.63) is 95.4 Å². The predicted molar refractivity (Wildman–Crippen MR) is 199 cm³/mol. The third-order valence-corrected chi connectivity index (χ3v) is 9.01. The molecule has 14 heteroatoms. The van der Waals surface area contributed by atoms with Crippen molar-refractivity contribution in [1.82, 2.24) is 34.6 Å². The van der Waals surface area contributed by atoms with Gasteiger partial charge in [0.25, 0.3) is 5.91 Å². The van der Waals surface area contributed by atoms with E-state index in [1.165, 1.54) is 30.6 Å². The van der Waals surface area contributed by atoms with Crippen LogP contribution in [0.15, 0.2) is 73.1 Å². The lowest BCUT2D eigenvalue weighted by molar-refractivity contribution is -0.0294. The molecule has 51 heavy (non-hydrogen) atoms. The van der Waals surface area contributed by atoms with Gasteiger partial charge in [-0.15, -0.1) is 24.8 Å². The summed E-state index contributed by atoms with van der Waals surface area (Å²) in [6.07, 6.45) is 2.89. The Balaban J connectivity index is 0.00000292. The SMILES string of the molecule is CCOc1nc(OC)c(CN2C[C@@H]3CN(C(=O)c4cncc(OC)n4)CCN3[C@H](C(c3ccccc3)c3ccccc3)C2)c(OC(C)C)n1.Cl.Cl. The molecule has 0 radical (unpaired) electrons. The minimum absolute atomic E-state index is 0. The maximum absolute atomic E-state index is 13.8. The zero-order chi connectivity index (χ0) is 34.3. The molecule has 0 aliphatic carbocycles. The molecule has 12 nitrogen and oxygen atoms in total. The van der Waals surface area contributed by atoms with E-state index in [-0.39, 0.29) is 66.5 Å². The Morgan fingerprint density at radius 3 is 2.12 bits per heavy atom. The van der Waals surface area contributed by atoms with E-state index in [0.717, 1.165) is 18.7 Å². The molecule has 0 spiro atoms. The summed E-state index contributed by atoms with van der Waals surface area (Å²) < 4.78 is 22.9. The van der Waals surface area contributed by atoms with E-state index >= 15 is 0 Å². The zero-order valence-electron chi connectivity index (χ0n) is 29.7. The molecule has 1 amide bonds. The number of carbonyl (C=O) groups excluding carboxylic acids is 1. The van der Waals surface area contributed by atoms with Gasteiger partial charge in [-0.2, -0.15) is 9.97 Å². The van der Waals surface area contributed by atoms with Crippen LogP contribution in [0.25, 0.3) is 0 Å². The van der Waals surface area contributed by atoms with Crippen molar-refractivity contribution in [2.24, 2.45) is 0 Å². The van der Waals surface area contributed by atoms with Gasteiger partial charge in [0.1, 0.15) is 0 Å². The van der Waals surface area contributed by atoms with Crippen LogP contribution in [0.5, 0.6) is 23.7 Å². The van der Waals surface area contributed by atoms with E-state index in [1.54, 1.807) is 7.11 Å². The maximum atomic E-state index is 13.8. The number of fused-ring (bicyclic) bond motifs is 1. The van der Waals surface area contributed by atoms with Gasteiger partial charge in [0.2, 0.25) is 17.6 Å². The average Bonchev–Trinajstić information content (AvgIpc) is 3.13. The standard InChI is InChI=1S/C37H45N7O5.2ClH/c1-6-48-37-40-34(47-5)29(35(41-37)49-25(2)3)23-42-21-28-22-43(36(45)30-19-38-20-32(39-30)46-4)17-18-44(28)31(24-42)33(26-13-9-7-10-14-26)27-15-11-8-12-16-27;;/h7-16,19-20,25,28,31,33H,6,17-18,21-24H2,1-5H3;2*1H/t28-,31+;;/m1../s1. The van der Waals surface area contributed by atoms with Gasteiger partial charge in [-0.05, 0) is 31.9 Å². The molecule has 2 aromatic heterocycles. The third kappa shape index (κ3) is 9.17. The smallest absolute Gasteiger partial charge is 0.323 e. The summed E-state index contributed by atoms with van der Waals surface area (Å²) in [5, 5.41) is 0. The Bertz CT molecular complexity index is 1670. The van der Waals surface area contributed by atoms with E-state index in [2.05, 4.69) is 90.4 Å². The summed E-state index contributed by atoms with van der Waals surface area (Å²) in [5.74, 6) is 1.12. The fourth-order valence-electron chi connectivity index (χ4n) is 6.96. The molecule has 2 fully saturated rings. The minimum atomic E-state index is -0.156. The first-order chi connectivity index (χ1) is 23.9. The Hall–Kier alpha value is -4.23. The van der Waals surface area contributed by atoms with Crippen molar-refractivity contribution in [1.29, 1.82) is 0 Å². The molecular weight excluding hydrogens is 693 g/mol. The highest BCUT2D eigenvalue weighted by Gasteiger charge is 2.43. The maximum Gasteiger partial charge on any atom is 0.323 e. The number of rotatable bonds is 12. The average molecular weight is 741 g/mol. The van der Waals surface area contributed by atoms with Gasteiger partial charge in [0.05, 0.1) is 44.9 Å². The summed E-state index contributed by atoms with van der Waals surface area (Å²) in [6.45, 7) is 10.0. The van der Waals surface area contributed by atoms with E-state index in [9.17, 15) is 4.79 Å². The molecule has 2 aliphatic rings. The number of ether oxygens (including phenoxy) is 4. The lowest BCUT2D eigenvalue weighted by Crippen LogP contribution is -2.67. The molecule has 0 saturated carbocycles. The van der Waals surface area contributed by atoms with Crippen molar-refractivity contribution in [2.75, 3.05) is 53.6 Å². The summed E-state index contributed by atoms with van der Waals surface area (Å²) in [5.41, 5.74) is 3.53. The molecule has 2 aromatic carbocycles. The van der Waals surface area contributed by atoms with Gasteiger partial charge < -0.3 is 23.8 Å². The fraction of sp³-hybridized carbons (Fsp3) is 0.432. The molecule has 4 aromatic rings. The summed E-state index contributed by atoms with van der Waals surface area (Å²) in [7, 11) is 3.13. The number of aromatic nitrogens is 4. The van der Waals surface area contributed by atoms with Gasteiger partial charge in [-0.1, -0.05) is 60.7 Å². The van der Waals surface area contributed by atoms with Crippen LogP contribution in [0.1, 0.15) is 53.9 Å². The zero-order valence-corrected chi connectivity index (χ0v) is 31.3. The molecule has 0 unspecified atom stereocenters. The van der Waals surface area contributed by atoms with Gasteiger partial charge in [0, 0.05) is 57.3 Å². The summed E-state index contributed by atoms with van der Waals surface area (Å²) in [6, 6.07) is 21.7. The van der Waals surface area contributed by atoms with Gasteiger partial charge in [-0.25, -0.2) is 4.98 Å². The number of nitrogens with zero attached hydrogens (tertiary/aromatic N) is 7. The van der Waals surface area contributed by atoms with Gasteiger partial charge in [0.15, 0.2) is 5.69 Å². The van der Waals surface area contributed by atoms with Gasteiger partial charge >= 0.3 is 6.01 Å².